The van der Waals surface area contributed by atoms with Gasteiger partial charge in [0.25, 0.3) is 11.1 Å². The van der Waals surface area contributed by atoms with Gasteiger partial charge < -0.3 is 5.32 Å². The van der Waals surface area contributed by atoms with E-state index in [4.69, 9.17) is 0 Å². The van der Waals surface area contributed by atoms with Crippen LogP contribution in [0.4, 0.5) is 21.6 Å². The summed E-state index contributed by atoms with van der Waals surface area (Å²) >= 11 is 1.91. The molecule has 1 amide bonds. The molecule has 0 aliphatic heterocycles. The van der Waals surface area contributed by atoms with Gasteiger partial charge in [-0.25, -0.2) is 9.18 Å². The molecule has 0 spiro atoms. The van der Waals surface area contributed by atoms with Gasteiger partial charge in [-0.2, -0.15) is 5.01 Å². The maximum atomic E-state index is 15.1. The molecule has 1 N–H and O–H groups in total. The fourth-order valence-electron chi connectivity index (χ4n) is 4.72. The number of hydrogen-bond donors (Lipinski definition) is 1. The minimum Gasteiger partial charge on any atom is -0.326 e. The average Bonchev–Trinajstić information content (AvgIpc) is 3.71. The number of aryl methyl sites for hydroxylation is 1. The van der Waals surface area contributed by atoms with Gasteiger partial charge in [0.15, 0.2) is 5.82 Å². The van der Waals surface area contributed by atoms with E-state index in [1.807, 2.05) is 22.6 Å². The molecule has 1 fully saturated rings. The molecule has 0 unspecified atom stereocenters. The third-order valence-corrected chi connectivity index (χ3v) is 7.24. The lowest BCUT2D eigenvalue weighted by Crippen LogP contribution is -2.41. The Balaban J connectivity index is 1.97. The van der Waals surface area contributed by atoms with Crippen LogP contribution in [0.3, 0.4) is 0 Å². The van der Waals surface area contributed by atoms with Crippen LogP contribution in [0.25, 0.3) is 16.6 Å². The van der Waals surface area contributed by atoms with Gasteiger partial charge >= 0.3 is 5.69 Å². The van der Waals surface area contributed by atoms with E-state index in [0.29, 0.717) is 27.1 Å². The summed E-state index contributed by atoms with van der Waals surface area (Å²) in [6.07, 6.45) is 1.18. The largest absolute Gasteiger partial charge is 0.336 e. The first-order valence-electron chi connectivity index (χ1n) is 11.9. The van der Waals surface area contributed by atoms with Crippen molar-refractivity contribution >= 4 is 56.6 Å². The van der Waals surface area contributed by atoms with Crippen LogP contribution < -0.4 is 27.1 Å². The topological polar surface area (TPSA) is 128 Å². The van der Waals surface area contributed by atoms with Gasteiger partial charge in [0.1, 0.15) is 16.9 Å². The fourth-order valence-corrected chi connectivity index (χ4v) is 5.17. The van der Waals surface area contributed by atoms with Crippen molar-refractivity contribution in [2.24, 2.45) is 12.3 Å². The molecule has 0 saturated heterocycles. The lowest BCUT2D eigenvalue weighted by atomic mass is 10.1. The summed E-state index contributed by atoms with van der Waals surface area (Å²) in [5, 5.41) is 6.17. The normalized spacial score (nSPS) is 12.9. The summed E-state index contributed by atoms with van der Waals surface area (Å²) in [6.45, 7) is 2.81. The predicted molar refractivity (Wildman–Crippen MR) is 153 cm³/mol. The van der Waals surface area contributed by atoms with E-state index < -0.39 is 22.6 Å². The molecule has 0 atom stereocenters. The highest BCUT2D eigenvalue weighted by Gasteiger charge is 2.33. The number of hydrogen-bond acceptors (Lipinski definition) is 6. The highest BCUT2D eigenvalue weighted by molar-refractivity contribution is 14.1. The average molecular weight is 644 g/mol. The van der Waals surface area contributed by atoms with Gasteiger partial charge in [0.2, 0.25) is 5.91 Å². The van der Waals surface area contributed by atoms with Gasteiger partial charge in [-0.05, 0) is 78.8 Å². The SMILES string of the molecule is CC(=O)Nc1cccc(-n2c(=O)n(C3CC3)c(=O)c3c(N(N=O)c4ccc(I)cc4F)n(C)c(=O)c(C)c32)c1. The Kier molecular flexibility index (Phi) is 6.70. The fraction of sp³-hybridized carbons (Fsp3) is 0.231. The van der Waals surface area contributed by atoms with Gasteiger partial charge in [0.05, 0.1) is 16.5 Å². The summed E-state index contributed by atoms with van der Waals surface area (Å²) in [7, 11) is 1.35. The quantitative estimate of drug-likeness (QED) is 0.192. The van der Waals surface area contributed by atoms with E-state index in [9.17, 15) is 24.1 Å². The lowest BCUT2D eigenvalue weighted by molar-refractivity contribution is -0.114. The summed E-state index contributed by atoms with van der Waals surface area (Å²) in [6, 6.07) is 10.1. The number of rotatable bonds is 6. The summed E-state index contributed by atoms with van der Waals surface area (Å²) in [5.41, 5.74) is -1.60. The van der Waals surface area contributed by atoms with Crippen LogP contribution in [0, 0.1) is 21.2 Å². The van der Waals surface area contributed by atoms with Crippen molar-refractivity contribution in [3.8, 4) is 5.69 Å². The second kappa shape index (κ2) is 9.87. The number of fused-ring (bicyclic) bond motifs is 1. The maximum absolute atomic E-state index is 15.1. The number of carbonyl (C=O) groups excluding carboxylic acids is 1. The molecule has 39 heavy (non-hydrogen) atoms. The number of nitrogens with one attached hydrogen (secondary N) is 1. The molecule has 2 aromatic heterocycles. The van der Waals surface area contributed by atoms with Crippen LogP contribution in [0.1, 0.15) is 31.4 Å². The molecular formula is C26H22FIN6O5. The van der Waals surface area contributed by atoms with E-state index in [1.54, 1.807) is 24.3 Å². The number of aromatic nitrogens is 3. The number of nitrogens with zero attached hydrogens (tertiary/aromatic N) is 5. The highest BCUT2D eigenvalue weighted by atomic mass is 127. The molecule has 0 radical (unpaired) electrons. The third-order valence-electron chi connectivity index (χ3n) is 6.57. The smallest absolute Gasteiger partial charge is 0.326 e. The Morgan fingerprint density at radius 1 is 1.13 bits per heavy atom. The zero-order chi connectivity index (χ0) is 28.2. The number of carbonyl (C=O) groups is 1. The Morgan fingerprint density at radius 3 is 2.46 bits per heavy atom. The molecule has 4 aromatic rings. The molecule has 5 rings (SSSR count). The van der Waals surface area contributed by atoms with E-state index in [1.165, 1.54) is 43.7 Å². The van der Waals surface area contributed by atoms with E-state index in [0.717, 1.165) is 9.13 Å². The molecule has 0 bridgehead atoms. The lowest BCUT2D eigenvalue weighted by Gasteiger charge is -2.24. The van der Waals surface area contributed by atoms with Crippen molar-refractivity contribution in [3.63, 3.8) is 0 Å². The summed E-state index contributed by atoms with van der Waals surface area (Å²) in [4.78, 5) is 65.2. The van der Waals surface area contributed by atoms with Crippen molar-refractivity contribution in [2.75, 3.05) is 10.3 Å². The summed E-state index contributed by atoms with van der Waals surface area (Å²) in [5.74, 6) is -1.39. The van der Waals surface area contributed by atoms with Gasteiger partial charge in [-0.1, -0.05) is 6.07 Å². The Labute approximate surface area is 233 Å². The van der Waals surface area contributed by atoms with Crippen molar-refractivity contribution < 1.29 is 9.18 Å². The minimum absolute atomic E-state index is 0.0421. The van der Waals surface area contributed by atoms with Crippen LogP contribution >= 0.6 is 22.6 Å². The second-order valence-electron chi connectivity index (χ2n) is 9.28. The zero-order valence-electron chi connectivity index (χ0n) is 21.1. The Bertz CT molecular complexity index is 1870. The monoisotopic (exact) mass is 644 g/mol. The molecule has 200 valence electrons. The van der Waals surface area contributed by atoms with Crippen molar-refractivity contribution in [1.82, 2.24) is 13.7 Å². The third kappa shape index (κ3) is 4.45. The molecule has 2 aromatic carbocycles. The zero-order valence-corrected chi connectivity index (χ0v) is 23.2. The number of halogens is 2. The number of anilines is 3. The van der Waals surface area contributed by atoms with Crippen LogP contribution in [0.15, 0.2) is 62.1 Å². The molecule has 1 aliphatic carbocycles. The molecule has 13 heteroatoms. The number of nitroso groups, excluding NO2 is 1. The van der Waals surface area contributed by atoms with Crippen molar-refractivity contribution in [2.45, 2.75) is 32.7 Å². The molecule has 11 nitrogen and oxygen atoms in total. The van der Waals surface area contributed by atoms with Crippen molar-refractivity contribution in [3.05, 3.63) is 93.5 Å². The minimum atomic E-state index is -0.790. The standard InChI is InChI=1S/C26H22FIN6O5/c1-13-22-21(23(31(3)24(13)36)34(30-39)20-10-7-15(28)11-19(20)27)25(37)33(17-8-9-17)26(38)32(22)18-6-4-5-16(12-18)29-14(2)35/h4-7,10-12,17H,8-9H2,1-3H3,(H,29,35). The first kappa shape index (κ1) is 26.5. The van der Waals surface area contributed by atoms with E-state index >= 15 is 4.39 Å². The molecule has 1 saturated carbocycles. The number of pyridine rings is 1. The van der Waals surface area contributed by atoms with E-state index in [2.05, 4.69) is 10.6 Å². The van der Waals surface area contributed by atoms with Gasteiger partial charge in [0, 0.05) is 34.8 Å². The number of benzene rings is 2. The van der Waals surface area contributed by atoms with Crippen LogP contribution in [-0.2, 0) is 11.8 Å². The highest BCUT2D eigenvalue weighted by Crippen LogP contribution is 2.36. The molecule has 1 aliphatic rings. The Hall–Kier alpha value is -4.14. The Morgan fingerprint density at radius 2 is 1.85 bits per heavy atom. The van der Waals surface area contributed by atoms with Crippen molar-refractivity contribution in [1.29, 1.82) is 0 Å². The number of amides is 1. The maximum Gasteiger partial charge on any atom is 0.336 e. The first-order chi connectivity index (χ1) is 18.5. The predicted octanol–water partition coefficient (Wildman–Crippen LogP) is 4.02. The van der Waals surface area contributed by atoms with Crippen LogP contribution in [0.2, 0.25) is 0 Å². The van der Waals surface area contributed by atoms with Gasteiger partial charge in [-0.15, -0.1) is 4.91 Å². The first-order valence-corrected chi connectivity index (χ1v) is 13.0. The summed E-state index contributed by atoms with van der Waals surface area (Å²) < 4.78 is 19.0. The molecule has 2 heterocycles. The van der Waals surface area contributed by atoms with Crippen LogP contribution in [-0.4, -0.2) is 19.6 Å². The van der Waals surface area contributed by atoms with Gasteiger partial charge in [-0.3, -0.25) is 28.1 Å². The van der Waals surface area contributed by atoms with Crippen LogP contribution in [0.5, 0.6) is 0 Å². The van der Waals surface area contributed by atoms with E-state index in [-0.39, 0.29) is 45.6 Å². The second-order valence-corrected chi connectivity index (χ2v) is 10.5. The molecular weight excluding hydrogens is 622 g/mol.